The number of rotatable bonds is 15. The fourth-order valence-electron chi connectivity index (χ4n) is 3.18. The summed E-state index contributed by atoms with van der Waals surface area (Å²) in [5.74, 6) is -59.7. The van der Waals surface area contributed by atoms with Crippen LogP contribution in [0, 0.1) is 0 Å². The number of quaternary nitrogens is 1. The van der Waals surface area contributed by atoms with Crippen LogP contribution in [0.3, 0.4) is 0 Å². The van der Waals surface area contributed by atoms with E-state index in [-0.39, 0.29) is 0 Å². The van der Waals surface area contributed by atoms with Crippen LogP contribution in [-0.4, -0.2) is 109 Å². The van der Waals surface area contributed by atoms with E-state index in [1.165, 1.54) is 30.7 Å². The molecule has 0 fully saturated rings. The van der Waals surface area contributed by atoms with Crippen LogP contribution in [-0.2, 0) is 10.1 Å². The third kappa shape index (κ3) is 7.35. The predicted molar refractivity (Wildman–Crippen MR) is 107 cm³/mol. The van der Waals surface area contributed by atoms with E-state index in [2.05, 4.69) is 27.7 Å². The lowest BCUT2D eigenvalue weighted by Crippen LogP contribution is -2.75. The maximum atomic E-state index is 13.4. The largest absolute Gasteiger partial charge is 0.746 e. The van der Waals surface area contributed by atoms with Crippen molar-refractivity contribution in [2.24, 2.45) is 0 Å². The first kappa shape index (κ1) is 43.7. The van der Waals surface area contributed by atoms with Gasteiger partial charge < -0.3 is 9.04 Å². The summed E-state index contributed by atoms with van der Waals surface area (Å²) in [6.07, 6.45) is -16.2. The van der Waals surface area contributed by atoms with Crippen LogP contribution in [0.1, 0.15) is 27.7 Å². The van der Waals surface area contributed by atoms with E-state index >= 15 is 0 Å². The second kappa shape index (κ2) is 13.5. The molecule has 0 aromatic carbocycles. The molecule has 0 aromatic rings. The summed E-state index contributed by atoms with van der Waals surface area (Å²) in [6.45, 7) is 14.2. The predicted octanol–water partition coefficient (Wildman–Crippen LogP) is 7.10. The summed E-state index contributed by atoms with van der Waals surface area (Å²) >= 11 is 0. The highest BCUT2D eigenvalue weighted by Gasteiger charge is 2.94. The molecule has 43 heavy (non-hydrogen) atoms. The lowest BCUT2D eigenvalue weighted by atomic mass is 9.87. The standard InChI is InChI=1S/C11H5F19O3S.C8H20N/c12-1(3(14)15)2(13)5(17,18)7(21,22)9(25,26)11(29,30)10(27,28)8(23,24)6(19,20)4(16)34(31,32)33;1-5-9(6-2,7-3)8-4/h1-4H,(H,31,32,33);5-8H2,1-4H3/q;+1/p-1. The minimum absolute atomic E-state index is 1.28. The Hall–Kier alpha value is -1.46. The second-order valence-corrected chi connectivity index (χ2v) is 10.1. The monoisotopic (exact) mass is 707 g/mol. The first-order valence-corrected chi connectivity index (χ1v) is 12.8. The van der Waals surface area contributed by atoms with Gasteiger partial charge in [0.2, 0.25) is 6.17 Å². The SMILES string of the molecule is CC[N+](CC)(CC)CC.O=S(=O)([O-])C(F)C(F)(F)C(F)(F)C(F)(F)C(F)(F)C(F)(F)C(F)(F)C(F)(F)C(F)C(F)C(F)F. The molecular formula is C19H24F19NO3S. The van der Waals surface area contributed by atoms with Crippen LogP contribution >= 0.6 is 0 Å². The van der Waals surface area contributed by atoms with Crippen molar-refractivity contribution in [3.05, 3.63) is 0 Å². The van der Waals surface area contributed by atoms with Gasteiger partial charge in [-0.2, -0.15) is 61.5 Å². The van der Waals surface area contributed by atoms with Crippen molar-refractivity contribution in [3.63, 3.8) is 0 Å². The molecular weight excluding hydrogens is 683 g/mol. The number of hydrogen-bond acceptors (Lipinski definition) is 3. The molecule has 0 N–H and O–H groups in total. The van der Waals surface area contributed by atoms with E-state index in [9.17, 15) is 96.4 Å². The van der Waals surface area contributed by atoms with Gasteiger partial charge in [-0.3, -0.25) is 0 Å². The van der Waals surface area contributed by atoms with Gasteiger partial charge in [0.1, 0.15) is 10.1 Å². The lowest BCUT2D eigenvalue weighted by Gasteiger charge is -2.43. The molecule has 0 aromatic heterocycles. The van der Waals surface area contributed by atoms with Crippen molar-refractivity contribution in [1.29, 1.82) is 0 Å². The van der Waals surface area contributed by atoms with Crippen LogP contribution in [0.2, 0.25) is 0 Å². The van der Waals surface area contributed by atoms with E-state index in [1.54, 1.807) is 0 Å². The highest BCUT2D eigenvalue weighted by atomic mass is 32.2. The second-order valence-electron chi connectivity index (χ2n) is 8.71. The molecule has 0 saturated heterocycles. The summed E-state index contributed by atoms with van der Waals surface area (Å²) in [4.78, 5) is 0. The molecule has 0 bridgehead atoms. The van der Waals surface area contributed by atoms with Crippen LogP contribution < -0.4 is 0 Å². The van der Waals surface area contributed by atoms with E-state index < -0.39 is 75.8 Å². The molecule has 0 rings (SSSR count). The zero-order chi connectivity index (χ0) is 35.6. The highest BCUT2D eigenvalue weighted by molar-refractivity contribution is 7.86. The zero-order valence-electron chi connectivity index (χ0n) is 21.9. The van der Waals surface area contributed by atoms with Gasteiger partial charge in [-0.05, 0) is 27.7 Å². The van der Waals surface area contributed by atoms with E-state index in [1.807, 2.05) is 0 Å². The Labute approximate surface area is 231 Å². The Kier molecular flexibility index (Phi) is 13.7. The van der Waals surface area contributed by atoms with Crippen LogP contribution in [0.5, 0.6) is 0 Å². The molecule has 0 saturated carbocycles. The topological polar surface area (TPSA) is 57.2 Å². The van der Waals surface area contributed by atoms with Crippen molar-refractivity contribution < 1.29 is 101 Å². The number of alkyl halides is 19. The summed E-state index contributed by atoms with van der Waals surface area (Å²) in [6, 6.07) is 0. The van der Waals surface area contributed by atoms with Crippen molar-refractivity contribution in [1.82, 2.24) is 0 Å². The molecule has 3 unspecified atom stereocenters. The average Bonchev–Trinajstić information content (AvgIpc) is 2.87. The Morgan fingerprint density at radius 1 is 0.535 bits per heavy atom. The number of hydrogen-bond donors (Lipinski definition) is 0. The molecule has 0 radical (unpaired) electrons. The van der Waals surface area contributed by atoms with Crippen LogP contribution in [0.25, 0.3) is 0 Å². The van der Waals surface area contributed by atoms with Gasteiger partial charge in [0.05, 0.1) is 26.2 Å². The van der Waals surface area contributed by atoms with Crippen molar-refractivity contribution in [2.75, 3.05) is 26.2 Å². The number of nitrogens with zero attached hydrogens (tertiary/aromatic N) is 1. The number of halogens is 19. The van der Waals surface area contributed by atoms with Gasteiger partial charge in [-0.15, -0.1) is 0 Å². The van der Waals surface area contributed by atoms with Gasteiger partial charge in [-0.1, -0.05) is 0 Å². The first-order chi connectivity index (χ1) is 18.7. The van der Waals surface area contributed by atoms with E-state index in [0.29, 0.717) is 0 Å². The van der Waals surface area contributed by atoms with Crippen LogP contribution in [0.15, 0.2) is 0 Å². The van der Waals surface area contributed by atoms with Crippen molar-refractivity contribution in [3.8, 4) is 0 Å². The lowest BCUT2D eigenvalue weighted by molar-refractivity contribution is -0.921. The van der Waals surface area contributed by atoms with E-state index in [0.717, 1.165) is 0 Å². The van der Waals surface area contributed by atoms with Gasteiger partial charge in [0.15, 0.2) is 6.17 Å². The average molecular weight is 707 g/mol. The quantitative estimate of drug-likeness (QED) is 0.104. The molecule has 0 heterocycles. The third-order valence-corrected chi connectivity index (χ3v) is 7.31. The zero-order valence-corrected chi connectivity index (χ0v) is 22.7. The molecule has 0 aliphatic heterocycles. The molecule has 0 spiro atoms. The minimum atomic E-state index is -8.97. The molecule has 262 valence electrons. The Morgan fingerprint density at radius 3 is 1.00 bits per heavy atom. The smallest absolute Gasteiger partial charge is 0.384 e. The van der Waals surface area contributed by atoms with Crippen molar-refractivity contribution >= 4 is 10.1 Å². The summed E-state index contributed by atoms with van der Waals surface area (Å²) in [5, 5.41) is 0. The highest BCUT2D eigenvalue weighted by Crippen LogP contribution is 2.63. The molecule has 0 aliphatic carbocycles. The van der Waals surface area contributed by atoms with Gasteiger partial charge in [-0.25, -0.2) is 30.4 Å². The Balaban J connectivity index is 0. The molecule has 0 amide bonds. The maximum Gasteiger partial charge on any atom is 0.384 e. The first-order valence-electron chi connectivity index (χ1n) is 11.3. The molecule has 4 nitrogen and oxygen atoms in total. The normalized spacial score (nSPS) is 17.3. The third-order valence-electron chi connectivity index (χ3n) is 6.50. The molecule has 0 aliphatic rings. The summed E-state index contributed by atoms with van der Waals surface area (Å²) < 4.78 is 279. The molecule has 24 heteroatoms. The summed E-state index contributed by atoms with van der Waals surface area (Å²) in [7, 11) is -7.51. The van der Waals surface area contributed by atoms with Gasteiger partial charge in [0.25, 0.3) is 11.9 Å². The van der Waals surface area contributed by atoms with E-state index in [4.69, 9.17) is 0 Å². The maximum absolute atomic E-state index is 13.4. The van der Waals surface area contributed by atoms with Gasteiger partial charge >= 0.3 is 41.5 Å². The fraction of sp³-hybridized carbons (Fsp3) is 1.00. The summed E-state index contributed by atoms with van der Waals surface area (Å²) in [5.41, 5.74) is -6.15. The van der Waals surface area contributed by atoms with Crippen LogP contribution in [0.4, 0.5) is 83.4 Å². The fourth-order valence-corrected chi connectivity index (χ4v) is 3.69. The molecule has 3 atom stereocenters. The van der Waals surface area contributed by atoms with Crippen molar-refractivity contribution in [2.45, 2.75) is 93.4 Å². The minimum Gasteiger partial charge on any atom is -0.746 e. The Bertz CT molecular complexity index is 984. The Morgan fingerprint density at radius 2 is 0.791 bits per heavy atom. The van der Waals surface area contributed by atoms with Gasteiger partial charge in [0, 0.05) is 0 Å².